The van der Waals surface area contributed by atoms with Crippen LogP contribution >= 0.6 is 23.4 Å². The topological polar surface area (TPSA) is 61.4 Å². The molecule has 0 fully saturated rings. The van der Waals surface area contributed by atoms with Crippen molar-refractivity contribution in [2.45, 2.75) is 25.6 Å². The molecule has 0 bridgehead atoms. The number of halogens is 1. The molecule has 0 radical (unpaired) electrons. The molecule has 0 aliphatic heterocycles. The smallest absolute Gasteiger partial charge is 0.253 e. The van der Waals surface area contributed by atoms with E-state index in [9.17, 15) is 9.59 Å². The fourth-order valence-electron chi connectivity index (χ4n) is 2.83. The second-order valence-corrected chi connectivity index (χ2v) is 8.45. The van der Waals surface area contributed by atoms with Crippen LogP contribution in [0.2, 0.25) is 5.02 Å². The summed E-state index contributed by atoms with van der Waals surface area (Å²) in [5.74, 6) is 0.224. The number of nitrogens with one attached hydrogen (secondary N) is 2. The molecular formula is C22H28ClN3O2S. The molecule has 0 aliphatic rings. The zero-order chi connectivity index (χ0) is 21.2. The fourth-order valence-corrected chi connectivity index (χ4v) is 3.52. The number of hydrogen-bond donors (Lipinski definition) is 2. The van der Waals surface area contributed by atoms with E-state index >= 15 is 0 Å². The molecule has 2 rings (SSSR count). The van der Waals surface area contributed by atoms with Gasteiger partial charge in [0.15, 0.2) is 0 Å². The van der Waals surface area contributed by atoms with Crippen molar-refractivity contribution in [3.05, 3.63) is 70.2 Å². The SMILES string of the molecule is CSCC[C@@H](NC(=O)c1ccccc1Cl)C(=O)NCc1ccc(CN(C)C)cc1. The number of rotatable bonds is 10. The van der Waals surface area contributed by atoms with Gasteiger partial charge in [-0.3, -0.25) is 9.59 Å². The molecule has 0 saturated carbocycles. The zero-order valence-corrected chi connectivity index (χ0v) is 18.6. The van der Waals surface area contributed by atoms with Crippen molar-refractivity contribution in [3.8, 4) is 0 Å². The van der Waals surface area contributed by atoms with Crippen LogP contribution in [0.3, 0.4) is 0 Å². The minimum Gasteiger partial charge on any atom is -0.350 e. The van der Waals surface area contributed by atoms with Crippen molar-refractivity contribution in [1.29, 1.82) is 0 Å². The van der Waals surface area contributed by atoms with Gasteiger partial charge >= 0.3 is 0 Å². The van der Waals surface area contributed by atoms with Crippen LogP contribution < -0.4 is 10.6 Å². The van der Waals surface area contributed by atoms with E-state index in [4.69, 9.17) is 11.6 Å². The average molecular weight is 434 g/mol. The van der Waals surface area contributed by atoms with E-state index in [2.05, 4.69) is 27.7 Å². The van der Waals surface area contributed by atoms with E-state index in [0.717, 1.165) is 17.9 Å². The lowest BCUT2D eigenvalue weighted by molar-refractivity contribution is -0.123. The van der Waals surface area contributed by atoms with E-state index in [1.54, 1.807) is 36.0 Å². The monoisotopic (exact) mass is 433 g/mol. The zero-order valence-electron chi connectivity index (χ0n) is 17.1. The average Bonchev–Trinajstić information content (AvgIpc) is 2.70. The molecule has 5 nitrogen and oxygen atoms in total. The summed E-state index contributed by atoms with van der Waals surface area (Å²) in [6.07, 6.45) is 2.52. The Hall–Kier alpha value is -2.02. The largest absolute Gasteiger partial charge is 0.350 e. The van der Waals surface area contributed by atoms with Crippen LogP contribution in [0.25, 0.3) is 0 Å². The van der Waals surface area contributed by atoms with Crippen molar-refractivity contribution >= 4 is 35.2 Å². The molecule has 0 saturated heterocycles. The maximum absolute atomic E-state index is 12.7. The maximum atomic E-state index is 12.7. The van der Waals surface area contributed by atoms with Gasteiger partial charge < -0.3 is 15.5 Å². The molecule has 1 atom stereocenters. The molecule has 7 heteroatoms. The Balaban J connectivity index is 1.97. The number of amides is 2. The van der Waals surface area contributed by atoms with Gasteiger partial charge in [0, 0.05) is 13.1 Å². The Morgan fingerprint density at radius 3 is 2.34 bits per heavy atom. The maximum Gasteiger partial charge on any atom is 0.253 e. The fraction of sp³-hybridized carbons (Fsp3) is 0.364. The third-order valence-electron chi connectivity index (χ3n) is 4.34. The molecule has 2 N–H and O–H groups in total. The van der Waals surface area contributed by atoms with Gasteiger partial charge in [-0.25, -0.2) is 0 Å². The van der Waals surface area contributed by atoms with Crippen molar-refractivity contribution in [3.63, 3.8) is 0 Å². The van der Waals surface area contributed by atoms with Gasteiger partial charge in [0.1, 0.15) is 6.04 Å². The predicted octanol–water partition coefficient (Wildman–Crippen LogP) is 3.57. The van der Waals surface area contributed by atoms with Gasteiger partial charge in [-0.2, -0.15) is 11.8 Å². The van der Waals surface area contributed by atoms with Gasteiger partial charge in [-0.05, 0) is 55.8 Å². The number of carbonyl (C=O) groups is 2. The minimum absolute atomic E-state index is 0.197. The lowest BCUT2D eigenvalue weighted by Crippen LogP contribution is -2.47. The molecule has 2 aromatic rings. The quantitative estimate of drug-likeness (QED) is 0.601. The predicted molar refractivity (Wildman–Crippen MR) is 121 cm³/mol. The van der Waals surface area contributed by atoms with Crippen LogP contribution in [0, 0.1) is 0 Å². The molecular weight excluding hydrogens is 406 g/mol. The molecule has 0 aromatic heterocycles. The summed E-state index contributed by atoms with van der Waals surface area (Å²) in [6, 6.07) is 14.4. The van der Waals surface area contributed by atoms with Crippen molar-refractivity contribution in [1.82, 2.24) is 15.5 Å². The second-order valence-electron chi connectivity index (χ2n) is 7.06. The highest BCUT2D eigenvalue weighted by molar-refractivity contribution is 7.98. The lowest BCUT2D eigenvalue weighted by Gasteiger charge is -2.19. The van der Waals surface area contributed by atoms with E-state index in [0.29, 0.717) is 23.6 Å². The summed E-state index contributed by atoms with van der Waals surface area (Å²) in [4.78, 5) is 27.4. The third kappa shape index (κ3) is 7.72. The van der Waals surface area contributed by atoms with Crippen LogP contribution in [-0.4, -0.2) is 48.9 Å². The van der Waals surface area contributed by atoms with Crippen molar-refractivity contribution in [2.24, 2.45) is 0 Å². The Morgan fingerprint density at radius 2 is 1.72 bits per heavy atom. The number of hydrogen-bond acceptors (Lipinski definition) is 4. The summed E-state index contributed by atoms with van der Waals surface area (Å²) < 4.78 is 0. The highest BCUT2D eigenvalue weighted by Crippen LogP contribution is 2.15. The number of carbonyl (C=O) groups excluding carboxylic acids is 2. The summed E-state index contributed by atoms with van der Waals surface area (Å²) in [5.41, 5.74) is 2.60. The first-order valence-corrected chi connectivity index (χ1v) is 11.2. The van der Waals surface area contributed by atoms with E-state index < -0.39 is 6.04 Å². The van der Waals surface area contributed by atoms with Crippen molar-refractivity contribution in [2.75, 3.05) is 26.1 Å². The van der Waals surface area contributed by atoms with Gasteiger partial charge in [-0.1, -0.05) is 48.0 Å². The van der Waals surface area contributed by atoms with Crippen LogP contribution in [0.4, 0.5) is 0 Å². The molecule has 156 valence electrons. The first kappa shape index (κ1) is 23.3. The number of thioether (sulfide) groups is 1. The molecule has 0 heterocycles. The summed E-state index contributed by atoms with van der Waals surface area (Å²) in [5, 5.41) is 6.12. The first-order valence-electron chi connectivity index (χ1n) is 9.45. The molecule has 0 unspecified atom stereocenters. The summed E-state index contributed by atoms with van der Waals surface area (Å²) in [6.45, 7) is 1.29. The van der Waals surface area contributed by atoms with Gasteiger partial charge in [0.25, 0.3) is 5.91 Å². The Kier molecular flexibility index (Phi) is 9.51. The standard InChI is InChI=1S/C22H28ClN3O2S/c1-26(2)15-17-10-8-16(9-11-17)14-24-22(28)20(12-13-29-3)25-21(27)18-6-4-5-7-19(18)23/h4-11,20H,12-15H2,1-3H3,(H,24,28)(H,25,27)/t20-/m1/s1. The Labute approximate surface area is 182 Å². The van der Waals surface area contributed by atoms with Crippen LogP contribution in [0.5, 0.6) is 0 Å². The first-order chi connectivity index (χ1) is 13.9. The highest BCUT2D eigenvalue weighted by Gasteiger charge is 2.22. The summed E-state index contributed by atoms with van der Waals surface area (Å²) in [7, 11) is 4.06. The Bertz CT molecular complexity index is 812. The normalized spacial score (nSPS) is 11.9. The molecule has 0 aliphatic carbocycles. The number of benzene rings is 2. The molecule has 0 spiro atoms. The molecule has 29 heavy (non-hydrogen) atoms. The van der Waals surface area contributed by atoms with E-state index in [1.165, 1.54) is 5.56 Å². The highest BCUT2D eigenvalue weighted by atomic mass is 35.5. The summed E-state index contributed by atoms with van der Waals surface area (Å²) >= 11 is 7.74. The van der Waals surface area contributed by atoms with E-state index in [-0.39, 0.29) is 11.8 Å². The van der Waals surface area contributed by atoms with Crippen molar-refractivity contribution < 1.29 is 9.59 Å². The van der Waals surface area contributed by atoms with Crippen LogP contribution in [0.15, 0.2) is 48.5 Å². The third-order valence-corrected chi connectivity index (χ3v) is 5.31. The van der Waals surface area contributed by atoms with E-state index in [1.807, 2.05) is 32.5 Å². The van der Waals surface area contributed by atoms with Gasteiger partial charge in [-0.15, -0.1) is 0 Å². The molecule has 2 aromatic carbocycles. The second kappa shape index (κ2) is 11.9. The van der Waals surface area contributed by atoms with Gasteiger partial charge in [0.2, 0.25) is 5.91 Å². The van der Waals surface area contributed by atoms with Crippen LogP contribution in [-0.2, 0) is 17.9 Å². The lowest BCUT2D eigenvalue weighted by atomic mass is 10.1. The Morgan fingerprint density at radius 1 is 1.07 bits per heavy atom. The minimum atomic E-state index is -0.612. The van der Waals surface area contributed by atoms with Crippen LogP contribution in [0.1, 0.15) is 27.9 Å². The molecule has 2 amide bonds. The van der Waals surface area contributed by atoms with Gasteiger partial charge in [0.05, 0.1) is 10.6 Å². The number of nitrogens with zero attached hydrogens (tertiary/aromatic N) is 1.